The quantitative estimate of drug-likeness (QED) is 0.424. The van der Waals surface area contributed by atoms with Gasteiger partial charge in [-0.15, -0.1) is 5.10 Å². The maximum atomic E-state index is 12.8. The Labute approximate surface area is 155 Å². The fourth-order valence-corrected chi connectivity index (χ4v) is 4.44. The molecule has 26 heavy (non-hydrogen) atoms. The first-order valence-corrected chi connectivity index (χ1v) is 9.62. The molecule has 0 aliphatic carbocycles. The van der Waals surface area contributed by atoms with Crippen LogP contribution in [-0.2, 0) is 0 Å². The van der Waals surface area contributed by atoms with Gasteiger partial charge in [-0.25, -0.2) is 10.1 Å². The second-order valence-electron chi connectivity index (χ2n) is 6.73. The number of aromatic amines is 1. The highest BCUT2D eigenvalue weighted by molar-refractivity contribution is 7.99. The minimum Gasteiger partial charge on any atom is -0.346 e. The minimum absolute atomic E-state index is 0.121. The zero-order valence-corrected chi connectivity index (χ0v) is 16.1. The van der Waals surface area contributed by atoms with Gasteiger partial charge in [0, 0.05) is 23.0 Å². The lowest BCUT2D eigenvalue weighted by Crippen LogP contribution is -2.08. The summed E-state index contributed by atoms with van der Waals surface area (Å²) in [6.07, 6.45) is 0. The molecule has 1 N–H and O–H groups in total. The maximum Gasteiger partial charge on any atom is 0.231 e. The lowest BCUT2D eigenvalue weighted by Gasteiger charge is -2.13. The zero-order valence-electron chi connectivity index (χ0n) is 15.3. The predicted octanol–water partition coefficient (Wildman–Crippen LogP) is 4.18. The van der Waals surface area contributed by atoms with Crippen LogP contribution in [-0.4, -0.2) is 35.7 Å². The third-order valence-corrected chi connectivity index (χ3v) is 5.58. The molecule has 0 unspecified atom stereocenters. The van der Waals surface area contributed by atoms with Gasteiger partial charge >= 0.3 is 0 Å². The summed E-state index contributed by atoms with van der Waals surface area (Å²) in [7, 11) is 0. The van der Waals surface area contributed by atoms with E-state index >= 15 is 0 Å². The van der Waals surface area contributed by atoms with E-state index in [0.717, 1.165) is 33.1 Å². The van der Waals surface area contributed by atoms with Gasteiger partial charge in [-0.05, 0) is 45.9 Å². The Balaban J connectivity index is 1.61. The first-order valence-electron chi connectivity index (χ1n) is 8.63. The summed E-state index contributed by atoms with van der Waals surface area (Å²) in [6.45, 7) is 8.33. The number of carbonyl (C=O) groups is 1. The number of rotatable bonds is 5. The number of nitrogens with zero attached hydrogens (tertiary/aromatic N) is 4. The molecule has 0 fully saturated rings. The van der Waals surface area contributed by atoms with Crippen molar-refractivity contribution in [2.75, 3.05) is 5.75 Å². The molecular weight excluding hydrogens is 346 g/mol. The molecule has 134 valence electrons. The summed E-state index contributed by atoms with van der Waals surface area (Å²) in [6, 6.07) is 10.2. The van der Waals surface area contributed by atoms with Gasteiger partial charge in [0.25, 0.3) is 0 Å². The molecule has 0 aliphatic rings. The molecule has 0 saturated carbocycles. The molecule has 0 radical (unpaired) electrons. The average molecular weight is 367 g/mol. The van der Waals surface area contributed by atoms with Crippen LogP contribution in [0.3, 0.4) is 0 Å². The fraction of sp³-hybridized carbons (Fsp3) is 0.316. The molecule has 4 rings (SSSR count). The molecule has 0 spiro atoms. The molecule has 1 aromatic carbocycles. The van der Waals surface area contributed by atoms with Crippen LogP contribution in [0.15, 0.2) is 35.5 Å². The molecule has 3 aromatic heterocycles. The average Bonchev–Trinajstić information content (AvgIpc) is 3.24. The first kappa shape index (κ1) is 16.9. The van der Waals surface area contributed by atoms with Crippen molar-refractivity contribution >= 4 is 34.4 Å². The Morgan fingerprint density at radius 1 is 1.27 bits per heavy atom. The van der Waals surface area contributed by atoms with Gasteiger partial charge in [0.05, 0.1) is 16.8 Å². The van der Waals surface area contributed by atoms with Gasteiger partial charge in [0.15, 0.2) is 10.9 Å². The maximum absolute atomic E-state index is 12.8. The lowest BCUT2D eigenvalue weighted by molar-refractivity contribution is 0.102. The number of benzene rings is 1. The number of H-pyrrole nitrogens is 1. The third-order valence-electron chi connectivity index (χ3n) is 4.64. The smallest absolute Gasteiger partial charge is 0.231 e. The van der Waals surface area contributed by atoms with Gasteiger partial charge in [0.1, 0.15) is 0 Å². The van der Waals surface area contributed by atoms with Crippen LogP contribution < -0.4 is 0 Å². The SMILES string of the molecule is Cc1cc(C(=O)CSc2n[nH]c3nc4ccccc4n23)c(C)n1C(C)C. The number of nitrogens with one attached hydrogen (secondary N) is 1. The van der Waals surface area contributed by atoms with Crippen molar-refractivity contribution in [3.8, 4) is 0 Å². The number of aryl methyl sites for hydroxylation is 1. The van der Waals surface area contributed by atoms with Gasteiger partial charge in [-0.3, -0.25) is 9.20 Å². The van der Waals surface area contributed by atoms with E-state index in [1.165, 1.54) is 11.8 Å². The highest BCUT2D eigenvalue weighted by Gasteiger charge is 2.19. The largest absolute Gasteiger partial charge is 0.346 e. The van der Waals surface area contributed by atoms with Crippen molar-refractivity contribution in [3.05, 3.63) is 47.3 Å². The number of thioether (sulfide) groups is 1. The number of fused-ring (bicyclic) bond motifs is 3. The van der Waals surface area contributed by atoms with E-state index < -0.39 is 0 Å². The van der Waals surface area contributed by atoms with E-state index in [1.54, 1.807) is 0 Å². The Morgan fingerprint density at radius 3 is 2.77 bits per heavy atom. The van der Waals surface area contributed by atoms with Crippen LogP contribution in [0.25, 0.3) is 16.8 Å². The highest BCUT2D eigenvalue weighted by Crippen LogP contribution is 2.25. The van der Waals surface area contributed by atoms with E-state index in [1.807, 2.05) is 48.6 Å². The molecule has 0 bridgehead atoms. The van der Waals surface area contributed by atoms with Gasteiger partial charge < -0.3 is 4.57 Å². The molecule has 0 amide bonds. The van der Waals surface area contributed by atoms with Crippen molar-refractivity contribution in [2.45, 2.75) is 38.9 Å². The van der Waals surface area contributed by atoms with E-state index in [-0.39, 0.29) is 5.78 Å². The third kappa shape index (κ3) is 2.63. The fourth-order valence-electron chi connectivity index (χ4n) is 3.60. The monoisotopic (exact) mass is 367 g/mol. The number of carbonyl (C=O) groups excluding carboxylic acids is 1. The summed E-state index contributed by atoms with van der Waals surface area (Å²) in [5, 5.41) is 8.02. The van der Waals surface area contributed by atoms with Crippen LogP contribution in [0, 0.1) is 13.8 Å². The summed E-state index contributed by atoms with van der Waals surface area (Å²) < 4.78 is 4.17. The lowest BCUT2D eigenvalue weighted by atomic mass is 10.2. The summed E-state index contributed by atoms with van der Waals surface area (Å²) in [5.74, 6) is 1.16. The number of imidazole rings is 1. The van der Waals surface area contributed by atoms with Crippen molar-refractivity contribution < 1.29 is 4.79 Å². The second kappa shape index (κ2) is 6.32. The first-order chi connectivity index (χ1) is 12.5. The van der Waals surface area contributed by atoms with Crippen LogP contribution in [0.2, 0.25) is 0 Å². The molecular formula is C19H21N5OS. The van der Waals surface area contributed by atoms with E-state index in [2.05, 4.69) is 33.6 Å². The van der Waals surface area contributed by atoms with Crippen LogP contribution >= 0.6 is 11.8 Å². The summed E-state index contributed by atoms with van der Waals surface area (Å²) >= 11 is 1.43. The van der Waals surface area contributed by atoms with E-state index in [4.69, 9.17) is 0 Å². The predicted molar refractivity (Wildman–Crippen MR) is 104 cm³/mol. The minimum atomic E-state index is 0.121. The van der Waals surface area contributed by atoms with Crippen molar-refractivity contribution in [3.63, 3.8) is 0 Å². The van der Waals surface area contributed by atoms with Gasteiger partial charge in [-0.2, -0.15) is 0 Å². The molecule has 0 aliphatic heterocycles. The normalized spacial score (nSPS) is 11.9. The number of ketones is 1. The molecule has 6 nitrogen and oxygen atoms in total. The number of hydrogen-bond donors (Lipinski definition) is 1. The molecule has 4 aromatic rings. The molecule has 7 heteroatoms. The van der Waals surface area contributed by atoms with Gasteiger partial charge in [0.2, 0.25) is 5.78 Å². The van der Waals surface area contributed by atoms with Crippen molar-refractivity contribution in [1.29, 1.82) is 0 Å². The molecule has 0 atom stereocenters. The van der Waals surface area contributed by atoms with Crippen LogP contribution in [0.4, 0.5) is 0 Å². The Kier molecular flexibility index (Phi) is 4.11. The summed E-state index contributed by atoms with van der Waals surface area (Å²) in [4.78, 5) is 17.3. The Hall–Kier alpha value is -2.54. The Morgan fingerprint density at radius 2 is 2.04 bits per heavy atom. The number of para-hydroxylation sites is 2. The number of hydrogen-bond acceptors (Lipinski definition) is 4. The number of aromatic nitrogens is 5. The van der Waals surface area contributed by atoms with E-state index in [0.29, 0.717) is 17.6 Å². The highest BCUT2D eigenvalue weighted by atomic mass is 32.2. The second-order valence-corrected chi connectivity index (χ2v) is 7.67. The van der Waals surface area contributed by atoms with Gasteiger partial charge in [-0.1, -0.05) is 23.9 Å². The van der Waals surface area contributed by atoms with Crippen LogP contribution in [0.1, 0.15) is 41.6 Å². The van der Waals surface area contributed by atoms with Crippen molar-refractivity contribution in [2.24, 2.45) is 0 Å². The topological polar surface area (TPSA) is 68.0 Å². The standard InChI is InChI=1S/C19H21N5OS/c1-11(2)23-12(3)9-14(13(23)4)17(25)10-26-19-22-21-18-20-15-7-5-6-8-16(15)24(18)19/h5-9,11H,10H2,1-4H3,(H,20,21). The summed E-state index contributed by atoms with van der Waals surface area (Å²) in [5.41, 5.74) is 4.85. The molecule has 3 heterocycles. The van der Waals surface area contributed by atoms with Crippen LogP contribution in [0.5, 0.6) is 0 Å². The Bertz CT molecular complexity index is 1120. The number of Topliss-reactive ketones (excluding diaryl/α,β-unsaturated/α-hetero) is 1. The molecule has 0 saturated heterocycles. The van der Waals surface area contributed by atoms with Crippen molar-refractivity contribution in [1.82, 2.24) is 24.1 Å². The zero-order chi connectivity index (χ0) is 18.4. The van der Waals surface area contributed by atoms with E-state index in [9.17, 15) is 4.79 Å².